The quantitative estimate of drug-likeness (QED) is 0.524. The Morgan fingerprint density at radius 1 is 1.12 bits per heavy atom. The third-order valence-corrected chi connectivity index (χ3v) is 2.19. The highest BCUT2D eigenvalue weighted by molar-refractivity contribution is 5.77. The Labute approximate surface area is 90.4 Å². The van der Waals surface area contributed by atoms with Crippen LogP contribution in [0, 0.1) is 0 Å². The van der Waals surface area contributed by atoms with Crippen molar-refractivity contribution in [2.24, 2.45) is 0 Å². The molecule has 0 unspecified atom stereocenters. The molecule has 2 heterocycles. The second kappa shape index (κ2) is 3.27. The van der Waals surface area contributed by atoms with E-state index in [0.29, 0.717) is 11.9 Å². The summed E-state index contributed by atoms with van der Waals surface area (Å²) in [5.41, 5.74) is 1.82. The maximum Gasteiger partial charge on any atom is 0.210 e. The van der Waals surface area contributed by atoms with Crippen molar-refractivity contribution in [3.63, 3.8) is 0 Å². The summed E-state index contributed by atoms with van der Waals surface area (Å²) in [6.45, 7) is 0. The van der Waals surface area contributed by atoms with Crippen molar-refractivity contribution in [3.05, 3.63) is 30.5 Å². The number of aromatic hydroxyl groups is 1. The third kappa shape index (κ3) is 1.46. The van der Waals surface area contributed by atoms with Crippen molar-refractivity contribution in [2.45, 2.75) is 0 Å². The number of benzene rings is 1. The molecule has 0 amide bonds. The molecule has 6 heteroatoms. The Kier molecular flexibility index (Phi) is 1.79. The van der Waals surface area contributed by atoms with Crippen LogP contribution in [0.1, 0.15) is 0 Å². The first-order valence-corrected chi connectivity index (χ1v) is 4.77. The number of hydrogen-bond donors (Lipinski definition) is 4. The topological polar surface area (TPSA) is 89.6 Å². The molecule has 0 fully saturated rings. The molecule has 0 saturated heterocycles. The van der Waals surface area contributed by atoms with Crippen molar-refractivity contribution in [1.29, 1.82) is 0 Å². The second-order valence-corrected chi connectivity index (χ2v) is 3.34. The van der Waals surface area contributed by atoms with E-state index in [1.54, 1.807) is 0 Å². The van der Waals surface area contributed by atoms with Crippen LogP contribution in [0.2, 0.25) is 0 Å². The average molecular weight is 215 g/mol. The first-order valence-electron chi connectivity index (χ1n) is 4.77. The van der Waals surface area contributed by atoms with Crippen molar-refractivity contribution < 1.29 is 5.11 Å². The molecule has 0 aliphatic carbocycles. The highest BCUT2D eigenvalue weighted by atomic mass is 16.3. The monoisotopic (exact) mass is 215 g/mol. The summed E-state index contributed by atoms with van der Waals surface area (Å²) in [6, 6.07) is 7.71. The molecule has 1 aromatic carbocycles. The standard InChI is InChI=1S/C10H9N5O/c16-8-5-11-9(14-8)15-10-12-6-3-1-2-4-7(6)13-10/h1-5,16H,(H3,11,12,13,14,15). The van der Waals surface area contributed by atoms with E-state index in [2.05, 4.69) is 25.3 Å². The average Bonchev–Trinajstić information content (AvgIpc) is 2.84. The molecule has 4 N–H and O–H groups in total. The van der Waals surface area contributed by atoms with Gasteiger partial charge in [0.15, 0.2) is 0 Å². The van der Waals surface area contributed by atoms with E-state index in [-0.39, 0.29) is 5.88 Å². The zero-order valence-corrected chi connectivity index (χ0v) is 8.23. The molecule has 0 aliphatic heterocycles. The number of para-hydroxylation sites is 2. The second-order valence-electron chi connectivity index (χ2n) is 3.34. The van der Waals surface area contributed by atoms with Crippen LogP contribution < -0.4 is 5.32 Å². The van der Waals surface area contributed by atoms with Crippen LogP contribution in [0.3, 0.4) is 0 Å². The first-order chi connectivity index (χ1) is 7.81. The molecule has 0 saturated carbocycles. The predicted octanol–water partition coefficient (Wildman–Crippen LogP) is 1.74. The lowest BCUT2D eigenvalue weighted by molar-refractivity contribution is 0.457. The van der Waals surface area contributed by atoms with Gasteiger partial charge >= 0.3 is 0 Å². The van der Waals surface area contributed by atoms with Crippen LogP contribution in [0.5, 0.6) is 5.88 Å². The number of fused-ring (bicyclic) bond motifs is 1. The summed E-state index contributed by atoms with van der Waals surface area (Å²) in [4.78, 5) is 13.9. The lowest BCUT2D eigenvalue weighted by Gasteiger charge is -1.95. The van der Waals surface area contributed by atoms with Gasteiger partial charge in [0.05, 0.1) is 17.2 Å². The van der Waals surface area contributed by atoms with Crippen molar-refractivity contribution in [2.75, 3.05) is 5.32 Å². The minimum absolute atomic E-state index is 0.0126. The fourth-order valence-electron chi connectivity index (χ4n) is 1.50. The van der Waals surface area contributed by atoms with E-state index >= 15 is 0 Å². The summed E-state index contributed by atoms with van der Waals surface area (Å²) >= 11 is 0. The third-order valence-electron chi connectivity index (χ3n) is 2.19. The van der Waals surface area contributed by atoms with E-state index in [1.165, 1.54) is 6.20 Å². The van der Waals surface area contributed by atoms with Crippen LogP contribution in [0.25, 0.3) is 11.0 Å². The van der Waals surface area contributed by atoms with Gasteiger partial charge in [0.1, 0.15) is 0 Å². The van der Waals surface area contributed by atoms with Gasteiger partial charge in [-0.1, -0.05) is 12.1 Å². The molecule has 16 heavy (non-hydrogen) atoms. The number of imidazole rings is 2. The largest absolute Gasteiger partial charge is 0.493 e. The highest BCUT2D eigenvalue weighted by Crippen LogP contribution is 2.17. The molecule has 80 valence electrons. The lowest BCUT2D eigenvalue weighted by atomic mass is 10.3. The van der Waals surface area contributed by atoms with Crippen molar-refractivity contribution in [1.82, 2.24) is 19.9 Å². The normalized spacial score (nSPS) is 10.8. The molecule has 0 aliphatic rings. The first kappa shape index (κ1) is 8.78. The minimum atomic E-state index is 0.0126. The smallest absolute Gasteiger partial charge is 0.210 e. The van der Waals surface area contributed by atoms with Gasteiger partial charge in [-0.2, -0.15) is 0 Å². The summed E-state index contributed by atoms with van der Waals surface area (Å²) in [7, 11) is 0. The van der Waals surface area contributed by atoms with Gasteiger partial charge in [0, 0.05) is 0 Å². The van der Waals surface area contributed by atoms with Crippen LogP contribution in [0.15, 0.2) is 30.5 Å². The van der Waals surface area contributed by atoms with Crippen LogP contribution in [-0.4, -0.2) is 25.0 Å². The number of aromatic nitrogens is 4. The lowest BCUT2D eigenvalue weighted by Crippen LogP contribution is -1.93. The maximum atomic E-state index is 9.08. The Hall–Kier alpha value is -2.50. The molecule has 3 aromatic rings. The van der Waals surface area contributed by atoms with Gasteiger partial charge in [-0.05, 0) is 12.1 Å². The number of H-pyrrole nitrogens is 2. The van der Waals surface area contributed by atoms with Gasteiger partial charge in [0.2, 0.25) is 17.8 Å². The number of nitrogens with zero attached hydrogens (tertiary/aromatic N) is 2. The van der Waals surface area contributed by atoms with Crippen LogP contribution >= 0.6 is 0 Å². The molecule has 2 aromatic heterocycles. The fraction of sp³-hybridized carbons (Fsp3) is 0. The zero-order valence-electron chi connectivity index (χ0n) is 8.23. The molecule has 0 radical (unpaired) electrons. The Bertz CT molecular complexity index is 594. The van der Waals surface area contributed by atoms with E-state index in [0.717, 1.165) is 11.0 Å². The fourth-order valence-corrected chi connectivity index (χ4v) is 1.50. The number of hydrogen-bond acceptors (Lipinski definition) is 4. The van der Waals surface area contributed by atoms with Gasteiger partial charge in [0.25, 0.3) is 0 Å². The van der Waals surface area contributed by atoms with Crippen LogP contribution in [0.4, 0.5) is 11.9 Å². The highest BCUT2D eigenvalue weighted by Gasteiger charge is 2.03. The van der Waals surface area contributed by atoms with Gasteiger partial charge in [-0.15, -0.1) is 0 Å². The van der Waals surface area contributed by atoms with E-state index in [9.17, 15) is 0 Å². The molecule has 0 atom stereocenters. The summed E-state index contributed by atoms with van der Waals surface area (Å²) < 4.78 is 0. The molecule has 3 rings (SSSR count). The zero-order chi connectivity index (χ0) is 11.0. The summed E-state index contributed by atoms with van der Waals surface area (Å²) in [5, 5.41) is 12.0. The molecule has 6 nitrogen and oxygen atoms in total. The molecule has 0 bridgehead atoms. The summed E-state index contributed by atoms with van der Waals surface area (Å²) in [5.74, 6) is 1.03. The number of nitrogens with one attached hydrogen (secondary N) is 3. The van der Waals surface area contributed by atoms with E-state index < -0.39 is 0 Å². The van der Waals surface area contributed by atoms with Gasteiger partial charge < -0.3 is 10.1 Å². The van der Waals surface area contributed by atoms with E-state index in [1.807, 2.05) is 24.3 Å². The predicted molar refractivity (Wildman–Crippen MR) is 59.6 cm³/mol. The molecular formula is C10H9N5O. The van der Waals surface area contributed by atoms with Crippen molar-refractivity contribution >= 4 is 22.9 Å². The SMILES string of the molecule is Oc1cnc(Nc2nc3ccccc3[nH]2)[nH]1. The van der Waals surface area contributed by atoms with Gasteiger partial charge in [-0.25, -0.2) is 9.97 Å². The minimum Gasteiger partial charge on any atom is -0.493 e. The Balaban J connectivity index is 1.95. The van der Waals surface area contributed by atoms with Crippen LogP contribution in [-0.2, 0) is 0 Å². The number of rotatable bonds is 2. The van der Waals surface area contributed by atoms with Crippen molar-refractivity contribution in [3.8, 4) is 5.88 Å². The molecular weight excluding hydrogens is 206 g/mol. The Morgan fingerprint density at radius 3 is 2.75 bits per heavy atom. The maximum absolute atomic E-state index is 9.08. The van der Waals surface area contributed by atoms with E-state index in [4.69, 9.17) is 5.11 Å². The molecule has 0 spiro atoms. The van der Waals surface area contributed by atoms with Gasteiger partial charge in [-0.3, -0.25) is 10.3 Å². The number of aromatic amines is 2. The number of anilines is 2. The Morgan fingerprint density at radius 2 is 2.00 bits per heavy atom. The summed E-state index contributed by atoms with van der Waals surface area (Å²) in [6.07, 6.45) is 1.32.